The molecule has 0 saturated carbocycles. The first-order chi connectivity index (χ1) is 9.58. The van der Waals surface area contributed by atoms with Gasteiger partial charge in [0.25, 0.3) is 0 Å². The molecule has 2 unspecified atom stereocenters. The highest BCUT2D eigenvalue weighted by Crippen LogP contribution is 2.34. The molecule has 1 aromatic rings. The summed E-state index contributed by atoms with van der Waals surface area (Å²) in [6.07, 6.45) is 2.46. The van der Waals surface area contributed by atoms with Gasteiger partial charge in [-0.25, -0.2) is 8.78 Å². The van der Waals surface area contributed by atoms with Crippen LogP contribution in [0.5, 0.6) is 0 Å². The van der Waals surface area contributed by atoms with Crippen LogP contribution in [-0.4, -0.2) is 31.5 Å². The average Bonchev–Trinajstić information content (AvgIpc) is 2.84. The fraction of sp³-hybridized carbons (Fsp3) is 0.571. The molecule has 2 aliphatic rings. The normalized spacial score (nSPS) is 29.9. The lowest BCUT2D eigenvalue weighted by Gasteiger charge is -2.37. The molecule has 6 heteroatoms. The van der Waals surface area contributed by atoms with Crippen LogP contribution >= 0.6 is 15.9 Å². The third-order valence-corrected chi connectivity index (χ3v) is 4.54. The summed E-state index contributed by atoms with van der Waals surface area (Å²) in [5.74, 6) is -1.17. The summed E-state index contributed by atoms with van der Waals surface area (Å²) in [6.45, 7) is 1.94. The predicted molar refractivity (Wildman–Crippen MR) is 74.8 cm³/mol. The van der Waals surface area contributed by atoms with Crippen LogP contribution < -0.4 is 5.32 Å². The van der Waals surface area contributed by atoms with Crippen LogP contribution in [0.4, 0.5) is 14.5 Å². The van der Waals surface area contributed by atoms with Gasteiger partial charge in [0.05, 0.1) is 22.4 Å². The van der Waals surface area contributed by atoms with Crippen molar-refractivity contribution in [1.29, 1.82) is 0 Å². The molecule has 1 N–H and O–H groups in total. The zero-order chi connectivity index (χ0) is 14.2. The Balaban J connectivity index is 1.73. The number of hydrogen-bond acceptors (Lipinski definition) is 3. The highest BCUT2D eigenvalue weighted by Gasteiger charge is 2.41. The number of benzene rings is 1. The van der Waals surface area contributed by atoms with Crippen LogP contribution in [0.3, 0.4) is 0 Å². The van der Waals surface area contributed by atoms with Crippen molar-refractivity contribution in [3.05, 3.63) is 28.2 Å². The van der Waals surface area contributed by atoms with Crippen molar-refractivity contribution in [3.8, 4) is 0 Å². The SMILES string of the molecule is Fc1cc(F)c(NC2CCOC3(CCOC3)C2)cc1Br. The van der Waals surface area contributed by atoms with E-state index >= 15 is 0 Å². The van der Waals surface area contributed by atoms with E-state index in [1.807, 2.05) is 0 Å². The van der Waals surface area contributed by atoms with Gasteiger partial charge in [-0.2, -0.15) is 0 Å². The Morgan fingerprint density at radius 2 is 2.10 bits per heavy atom. The number of anilines is 1. The molecule has 2 saturated heterocycles. The third-order valence-electron chi connectivity index (χ3n) is 3.93. The maximum Gasteiger partial charge on any atom is 0.149 e. The predicted octanol–water partition coefficient (Wildman–Crippen LogP) is 3.48. The molecule has 2 aliphatic heterocycles. The molecule has 3 rings (SSSR count). The summed E-state index contributed by atoms with van der Waals surface area (Å²) in [7, 11) is 0. The van der Waals surface area contributed by atoms with Crippen LogP contribution in [0.1, 0.15) is 19.3 Å². The van der Waals surface area contributed by atoms with Crippen molar-refractivity contribution in [2.45, 2.75) is 30.9 Å². The highest BCUT2D eigenvalue weighted by atomic mass is 79.9. The second kappa shape index (κ2) is 5.58. The molecule has 2 heterocycles. The first-order valence-corrected chi connectivity index (χ1v) is 7.50. The van der Waals surface area contributed by atoms with E-state index < -0.39 is 11.6 Å². The Hall–Kier alpha value is -0.720. The Bertz CT molecular complexity index is 506. The number of rotatable bonds is 2. The number of nitrogens with one attached hydrogen (secondary N) is 1. The fourth-order valence-corrected chi connectivity index (χ4v) is 3.21. The van der Waals surface area contributed by atoms with Crippen LogP contribution in [0, 0.1) is 11.6 Å². The van der Waals surface area contributed by atoms with Gasteiger partial charge in [-0.3, -0.25) is 0 Å². The summed E-state index contributed by atoms with van der Waals surface area (Å²) in [4.78, 5) is 0. The van der Waals surface area contributed by atoms with Crippen molar-refractivity contribution in [2.75, 3.05) is 25.1 Å². The maximum absolute atomic E-state index is 13.8. The molecule has 0 aliphatic carbocycles. The molecule has 0 radical (unpaired) electrons. The molecule has 3 nitrogen and oxygen atoms in total. The lowest BCUT2D eigenvalue weighted by molar-refractivity contribution is -0.0829. The van der Waals surface area contributed by atoms with Gasteiger partial charge in [-0.1, -0.05) is 0 Å². The quantitative estimate of drug-likeness (QED) is 0.831. The minimum atomic E-state index is -0.597. The Morgan fingerprint density at radius 1 is 1.25 bits per heavy atom. The summed E-state index contributed by atoms with van der Waals surface area (Å²) in [5.41, 5.74) is 0.0863. The minimum Gasteiger partial charge on any atom is -0.380 e. The van der Waals surface area contributed by atoms with Gasteiger partial charge in [0.1, 0.15) is 11.6 Å². The summed E-state index contributed by atoms with van der Waals surface area (Å²) < 4.78 is 38.5. The molecule has 0 amide bonds. The lowest BCUT2D eigenvalue weighted by atomic mass is 9.89. The minimum absolute atomic E-state index is 0.109. The molecule has 110 valence electrons. The number of ether oxygens (including phenoxy) is 2. The third kappa shape index (κ3) is 2.82. The van der Waals surface area contributed by atoms with Gasteiger partial charge >= 0.3 is 0 Å². The monoisotopic (exact) mass is 347 g/mol. The van der Waals surface area contributed by atoms with Crippen LogP contribution in [0.15, 0.2) is 16.6 Å². The lowest BCUT2D eigenvalue weighted by Crippen LogP contribution is -2.45. The Labute approximate surface area is 124 Å². The Kier molecular flexibility index (Phi) is 3.97. The largest absolute Gasteiger partial charge is 0.380 e. The average molecular weight is 348 g/mol. The van der Waals surface area contributed by atoms with Crippen molar-refractivity contribution in [2.24, 2.45) is 0 Å². The molecule has 1 aromatic carbocycles. The summed E-state index contributed by atoms with van der Waals surface area (Å²) in [6, 6.07) is 2.44. The van der Waals surface area contributed by atoms with E-state index in [-0.39, 0.29) is 16.1 Å². The molecular weight excluding hydrogens is 332 g/mol. The van der Waals surface area contributed by atoms with E-state index in [2.05, 4.69) is 21.2 Å². The smallest absolute Gasteiger partial charge is 0.149 e. The molecular formula is C14H16BrF2NO2. The molecule has 0 aromatic heterocycles. The standard InChI is InChI=1S/C14H16BrF2NO2/c15-10-5-13(12(17)6-11(10)16)18-9-1-3-20-14(7-9)2-4-19-8-14/h5-6,9,18H,1-4,7-8H2. The second-order valence-electron chi connectivity index (χ2n) is 5.41. The van der Waals surface area contributed by atoms with E-state index in [9.17, 15) is 8.78 Å². The van der Waals surface area contributed by atoms with Gasteiger partial charge in [0.15, 0.2) is 0 Å². The molecule has 2 atom stereocenters. The van der Waals surface area contributed by atoms with Crippen molar-refractivity contribution < 1.29 is 18.3 Å². The van der Waals surface area contributed by atoms with Gasteiger partial charge in [0.2, 0.25) is 0 Å². The summed E-state index contributed by atoms with van der Waals surface area (Å²) in [5, 5.41) is 3.16. The first-order valence-electron chi connectivity index (χ1n) is 6.71. The topological polar surface area (TPSA) is 30.5 Å². The van der Waals surface area contributed by atoms with Crippen molar-refractivity contribution in [3.63, 3.8) is 0 Å². The van der Waals surface area contributed by atoms with Crippen LogP contribution in [-0.2, 0) is 9.47 Å². The van der Waals surface area contributed by atoms with Gasteiger partial charge < -0.3 is 14.8 Å². The van der Waals surface area contributed by atoms with Gasteiger partial charge in [-0.15, -0.1) is 0 Å². The number of halogens is 3. The number of hydrogen-bond donors (Lipinski definition) is 1. The zero-order valence-electron chi connectivity index (χ0n) is 10.9. The second-order valence-corrected chi connectivity index (χ2v) is 6.27. The summed E-state index contributed by atoms with van der Waals surface area (Å²) >= 11 is 3.08. The maximum atomic E-state index is 13.8. The van der Waals surface area contributed by atoms with Crippen molar-refractivity contribution >= 4 is 21.6 Å². The molecule has 2 fully saturated rings. The molecule has 0 bridgehead atoms. The van der Waals surface area contributed by atoms with Crippen LogP contribution in [0.25, 0.3) is 0 Å². The van der Waals surface area contributed by atoms with Crippen LogP contribution in [0.2, 0.25) is 0 Å². The first kappa shape index (κ1) is 14.2. The fourth-order valence-electron chi connectivity index (χ4n) is 2.87. The van der Waals surface area contributed by atoms with Gasteiger partial charge in [-0.05, 0) is 34.8 Å². The van der Waals surface area contributed by atoms with Crippen molar-refractivity contribution in [1.82, 2.24) is 0 Å². The highest BCUT2D eigenvalue weighted by molar-refractivity contribution is 9.10. The van der Waals surface area contributed by atoms with E-state index in [0.717, 1.165) is 25.3 Å². The van der Waals surface area contributed by atoms with Gasteiger partial charge in [0, 0.05) is 31.7 Å². The van der Waals surface area contributed by atoms with E-state index in [1.165, 1.54) is 6.07 Å². The van der Waals surface area contributed by atoms with E-state index in [4.69, 9.17) is 9.47 Å². The zero-order valence-corrected chi connectivity index (χ0v) is 12.5. The van der Waals surface area contributed by atoms with E-state index in [1.54, 1.807) is 0 Å². The molecule has 20 heavy (non-hydrogen) atoms. The Morgan fingerprint density at radius 3 is 2.85 bits per heavy atom. The van der Waals surface area contributed by atoms with E-state index in [0.29, 0.717) is 25.5 Å². The molecule has 1 spiro atoms.